The number of rotatable bonds is 12. The highest BCUT2D eigenvalue weighted by Crippen LogP contribution is 2.22. The minimum atomic E-state index is -3.93. The van der Waals surface area contributed by atoms with E-state index in [4.69, 9.17) is 4.74 Å². The lowest BCUT2D eigenvalue weighted by Gasteiger charge is -2.22. The maximum Gasteiger partial charge on any atom is 0.243 e. The Morgan fingerprint density at radius 2 is 1.68 bits per heavy atom. The second-order valence-corrected chi connectivity index (χ2v) is 11.0. The first-order chi connectivity index (χ1) is 18.0. The van der Waals surface area contributed by atoms with E-state index >= 15 is 0 Å². The van der Waals surface area contributed by atoms with Crippen molar-refractivity contribution in [1.29, 1.82) is 0 Å². The van der Waals surface area contributed by atoms with Crippen molar-refractivity contribution in [2.75, 3.05) is 26.0 Å². The van der Waals surface area contributed by atoms with Gasteiger partial charge in [-0.1, -0.05) is 72.4 Å². The molecule has 0 spiro atoms. The average Bonchev–Trinajstić information content (AvgIpc) is 3.41. The van der Waals surface area contributed by atoms with E-state index in [0.29, 0.717) is 29.0 Å². The second kappa shape index (κ2) is 12.5. The van der Waals surface area contributed by atoms with Gasteiger partial charge in [0, 0.05) is 24.4 Å². The number of hydrogen-bond donors (Lipinski definition) is 2. The number of H-pyrrole nitrogens is 1. The zero-order valence-corrected chi connectivity index (χ0v) is 21.8. The Hall–Kier alpha value is -3.67. The van der Waals surface area contributed by atoms with E-state index < -0.39 is 15.9 Å². The van der Waals surface area contributed by atoms with Crippen molar-refractivity contribution in [2.45, 2.75) is 16.6 Å². The molecule has 4 rings (SSSR count). The maximum absolute atomic E-state index is 13.4. The predicted molar refractivity (Wildman–Crippen MR) is 143 cm³/mol. The van der Waals surface area contributed by atoms with Crippen LogP contribution in [0, 0.1) is 0 Å². The van der Waals surface area contributed by atoms with Crippen LogP contribution in [0.25, 0.3) is 11.4 Å². The zero-order chi connectivity index (χ0) is 26.1. The third-order valence-corrected chi connectivity index (χ3v) is 8.04. The van der Waals surface area contributed by atoms with Crippen molar-refractivity contribution < 1.29 is 17.9 Å². The van der Waals surface area contributed by atoms with Gasteiger partial charge in [-0.25, -0.2) is 13.4 Å². The monoisotopic (exact) mass is 537 g/mol. The first-order valence-corrected chi connectivity index (χ1v) is 13.9. The first kappa shape index (κ1) is 26.4. The predicted octanol–water partition coefficient (Wildman–Crippen LogP) is 3.58. The topological polar surface area (TPSA) is 117 Å². The van der Waals surface area contributed by atoms with Gasteiger partial charge in [0.15, 0.2) is 5.82 Å². The van der Waals surface area contributed by atoms with E-state index in [2.05, 4.69) is 20.5 Å². The molecule has 1 heterocycles. The summed E-state index contributed by atoms with van der Waals surface area (Å²) in [4.78, 5) is 17.3. The minimum Gasteiger partial charge on any atom is -0.497 e. The van der Waals surface area contributed by atoms with Crippen molar-refractivity contribution in [3.63, 3.8) is 0 Å². The van der Waals surface area contributed by atoms with Gasteiger partial charge in [-0.15, -0.1) is 5.10 Å². The van der Waals surface area contributed by atoms with Crippen molar-refractivity contribution in [2.24, 2.45) is 0 Å². The highest BCUT2D eigenvalue weighted by atomic mass is 32.2. The normalized spacial score (nSPS) is 11.4. The number of hydrogen-bond acceptors (Lipinski definition) is 7. The van der Waals surface area contributed by atoms with Gasteiger partial charge < -0.3 is 10.1 Å². The zero-order valence-electron chi connectivity index (χ0n) is 20.2. The summed E-state index contributed by atoms with van der Waals surface area (Å²) in [5, 5.41) is 10.5. The molecule has 1 amide bonds. The number of methoxy groups -OCH3 is 1. The Morgan fingerprint density at radius 3 is 2.35 bits per heavy atom. The van der Waals surface area contributed by atoms with Gasteiger partial charge in [-0.2, -0.15) is 4.31 Å². The standard InChI is InChI=1S/C26H27N5O4S2/c1-35-22-12-14-23(15-13-22)37(33,34)31(18-20-8-4-2-5-9-20)19-24(32)27-16-17-36-26-28-25(29-30-26)21-10-6-3-7-11-21/h2-15H,16-19H2,1H3,(H,27,32)(H,28,29,30). The third-order valence-electron chi connectivity index (χ3n) is 5.39. The van der Waals surface area contributed by atoms with Crippen LogP contribution in [0.3, 0.4) is 0 Å². The molecule has 0 aliphatic carbocycles. The molecule has 0 atom stereocenters. The summed E-state index contributed by atoms with van der Waals surface area (Å²) in [6.45, 7) is 0.0873. The van der Waals surface area contributed by atoms with E-state index in [1.54, 1.807) is 12.1 Å². The molecular formula is C26H27N5O4S2. The van der Waals surface area contributed by atoms with Gasteiger partial charge >= 0.3 is 0 Å². The van der Waals surface area contributed by atoms with Crippen molar-refractivity contribution in [3.8, 4) is 17.1 Å². The van der Waals surface area contributed by atoms with Crippen LogP contribution in [0.15, 0.2) is 95.0 Å². The van der Waals surface area contributed by atoms with Crippen LogP contribution in [0.1, 0.15) is 5.56 Å². The minimum absolute atomic E-state index is 0.0663. The van der Waals surface area contributed by atoms with Crippen LogP contribution in [0.2, 0.25) is 0 Å². The summed E-state index contributed by atoms with van der Waals surface area (Å²) in [5.41, 5.74) is 1.72. The van der Waals surface area contributed by atoms with E-state index in [1.165, 1.54) is 35.3 Å². The Morgan fingerprint density at radius 1 is 1.00 bits per heavy atom. The molecule has 0 bridgehead atoms. The number of ether oxygens (including phenoxy) is 1. The van der Waals surface area contributed by atoms with Gasteiger partial charge in [0.05, 0.1) is 18.6 Å². The fourth-order valence-electron chi connectivity index (χ4n) is 3.49. The van der Waals surface area contributed by atoms with Crippen LogP contribution < -0.4 is 10.1 Å². The molecule has 9 nitrogen and oxygen atoms in total. The molecule has 1 aromatic heterocycles. The average molecular weight is 538 g/mol. The Kier molecular flexibility index (Phi) is 8.94. The van der Waals surface area contributed by atoms with Crippen molar-refractivity contribution in [1.82, 2.24) is 24.8 Å². The Labute approximate surface area is 220 Å². The molecular weight excluding hydrogens is 510 g/mol. The van der Waals surface area contributed by atoms with Gasteiger partial charge in [-0.05, 0) is 29.8 Å². The molecule has 3 aromatic carbocycles. The Bertz CT molecular complexity index is 1400. The largest absolute Gasteiger partial charge is 0.497 e. The molecule has 0 saturated heterocycles. The molecule has 0 fully saturated rings. The summed E-state index contributed by atoms with van der Waals surface area (Å²) < 4.78 is 33.1. The van der Waals surface area contributed by atoms with Crippen LogP contribution in [-0.2, 0) is 21.4 Å². The van der Waals surface area contributed by atoms with Crippen molar-refractivity contribution in [3.05, 3.63) is 90.5 Å². The molecule has 0 aliphatic rings. The fraction of sp³-hybridized carbons (Fsp3) is 0.192. The first-order valence-electron chi connectivity index (χ1n) is 11.5. The van der Waals surface area contributed by atoms with Crippen LogP contribution in [0.4, 0.5) is 0 Å². The lowest BCUT2D eigenvalue weighted by molar-refractivity contribution is -0.121. The molecule has 0 unspecified atom stereocenters. The van der Waals surface area contributed by atoms with E-state index in [-0.39, 0.29) is 18.0 Å². The Balaban J connectivity index is 1.36. The lowest BCUT2D eigenvalue weighted by atomic mass is 10.2. The number of carbonyl (C=O) groups is 1. The number of nitrogens with one attached hydrogen (secondary N) is 2. The van der Waals surface area contributed by atoms with Crippen LogP contribution in [0.5, 0.6) is 5.75 Å². The lowest BCUT2D eigenvalue weighted by Crippen LogP contribution is -2.40. The third kappa shape index (κ3) is 7.19. The smallest absolute Gasteiger partial charge is 0.243 e. The summed E-state index contributed by atoms with van der Waals surface area (Å²) in [6.07, 6.45) is 0. The van der Waals surface area contributed by atoms with Gasteiger partial charge in [0.2, 0.25) is 21.1 Å². The van der Waals surface area contributed by atoms with Gasteiger partial charge in [0.1, 0.15) is 5.75 Å². The fourth-order valence-corrected chi connectivity index (χ4v) is 5.53. The number of thioether (sulfide) groups is 1. The molecule has 0 saturated carbocycles. The number of aromatic amines is 1. The number of sulfonamides is 1. The van der Waals surface area contributed by atoms with Crippen LogP contribution in [-0.4, -0.2) is 59.8 Å². The molecule has 4 aromatic rings. The van der Waals surface area contributed by atoms with Gasteiger partial charge in [-0.3, -0.25) is 9.89 Å². The summed E-state index contributed by atoms with van der Waals surface area (Å²) in [6, 6.07) is 24.9. The van der Waals surface area contributed by atoms with E-state index in [1.807, 2.05) is 60.7 Å². The second-order valence-electron chi connectivity index (χ2n) is 7.97. The SMILES string of the molecule is COc1ccc(S(=O)(=O)N(CC(=O)NCCSc2n[nH]c(-c3ccccc3)n2)Cc2ccccc2)cc1. The molecule has 11 heteroatoms. The number of amides is 1. The maximum atomic E-state index is 13.4. The quantitative estimate of drug-likeness (QED) is 0.210. The molecule has 192 valence electrons. The number of aromatic nitrogens is 3. The van der Waals surface area contributed by atoms with E-state index in [9.17, 15) is 13.2 Å². The number of benzene rings is 3. The summed E-state index contributed by atoms with van der Waals surface area (Å²) in [7, 11) is -2.42. The van der Waals surface area contributed by atoms with Gasteiger partial charge in [0.25, 0.3) is 0 Å². The highest BCUT2D eigenvalue weighted by molar-refractivity contribution is 7.99. The van der Waals surface area contributed by atoms with E-state index in [0.717, 1.165) is 11.1 Å². The molecule has 37 heavy (non-hydrogen) atoms. The summed E-state index contributed by atoms with van der Waals surface area (Å²) in [5.74, 6) is 1.36. The molecule has 2 N–H and O–H groups in total. The molecule has 0 aliphatic heterocycles. The number of nitrogens with zero attached hydrogens (tertiary/aromatic N) is 3. The summed E-state index contributed by atoms with van der Waals surface area (Å²) >= 11 is 1.39. The van der Waals surface area contributed by atoms with Crippen LogP contribution >= 0.6 is 11.8 Å². The highest BCUT2D eigenvalue weighted by Gasteiger charge is 2.27. The molecule has 0 radical (unpaired) electrons. The number of carbonyl (C=O) groups excluding carboxylic acids is 1. The van der Waals surface area contributed by atoms with Crippen molar-refractivity contribution >= 4 is 27.7 Å².